The van der Waals surface area contributed by atoms with Gasteiger partial charge in [-0.2, -0.15) is 10.2 Å². The monoisotopic (exact) mass is 937 g/mol. The van der Waals surface area contributed by atoms with Gasteiger partial charge in [-0.3, -0.25) is 0 Å². The highest BCUT2D eigenvalue weighted by Gasteiger charge is 2.06. The highest BCUT2D eigenvalue weighted by Crippen LogP contribution is 2.30. The highest BCUT2D eigenvalue weighted by molar-refractivity contribution is 14.1. The maximum Gasteiger partial charge on any atom is 0.0878 e. The van der Waals surface area contributed by atoms with Crippen molar-refractivity contribution >= 4 is 147 Å². The molecule has 0 amide bonds. The molecule has 2 nitrogen and oxygen atoms in total. The molecule has 20 heavy (non-hydrogen) atoms. The molecule has 104 valence electrons. The molecule has 0 bridgehead atoms. The fourth-order valence-corrected chi connectivity index (χ4v) is 5.41. The van der Waals surface area contributed by atoms with Crippen molar-refractivity contribution in [2.45, 2.75) is 0 Å². The normalized spacial score (nSPS) is 11.3. The summed E-state index contributed by atoms with van der Waals surface area (Å²) in [4.78, 5) is 0. The summed E-state index contributed by atoms with van der Waals surface area (Å²) in [6.45, 7) is 0. The average Bonchev–Trinajstić information content (AvgIpc) is 2.39. The van der Waals surface area contributed by atoms with Crippen LogP contribution in [0.1, 0.15) is 0 Å². The lowest BCUT2D eigenvalue weighted by atomic mass is 10.3. The molecule has 0 fully saturated rings. The van der Waals surface area contributed by atoms with Crippen molar-refractivity contribution in [2.24, 2.45) is 10.2 Å². The number of hydrogen-bond acceptors (Lipinski definition) is 2. The third-order valence-corrected chi connectivity index (χ3v) is 12.1. The summed E-state index contributed by atoms with van der Waals surface area (Å²) in [7, 11) is 0. The molecule has 0 saturated heterocycles. The van der Waals surface area contributed by atoms with E-state index in [2.05, 4.69) is 170 Å². The van der Waals surface area contributed by atoms with E-state index >= 15 is 0 Å². The van der Waals surface area contributed by atoms with E-state index in [0.29, 0.717) is 0 Å². The van der Waals surface area contributed by atoms with E-state index in [1.165, 1.54) is 21.4 Å². The summed E-state index contributed by atoms with van der Waals surface area (Å²) in [5.74, 6) is 0. The van der Waals surface area contributed by atoms with Crippen LogP contribution >= 0.6 is 136 Å². The summed E-state index contributed by atoms with van der Waals surface area (Å²) >= 11 is 14.0. The Bertz CT molecular complexity index is 593. The van der Waals surface area contributed by atoms with Crippen LogP contribution < -0.4 is 0 Å². The van der Waals surface area contributed by atoms with E-state index in [0.717, 1.165) is 11.4 Å². The van der Waals surface area contributed by atoms with Crippen molar-refractivity contribution in [1.82, 2.24) is 0 Å². The van der Waals surface area contributed by atoms with Crippen molar-refractivity contribution in [1.29, 1.82) is 0 Å². The smallest absolute Gasteiger partial charge is 0.0878 e. The number of azo groups is 1. The minimum Gasteiger partial charge on any atom is -0.150 e. The Labute approximate surface area is 199 Å². The zero-order chi connectivity index (χ0) is 14.9. The van der Waals surface area contributed by atoms with Crippen LogP contribution in [0.5, 0.6) is 0 Å². The fourth-order valence-electron chi connectivity index (χ4n) is 1.32. The van der Waals surface area contributed by atoms with Gasteiger partial charge in [0.15, 0.2) is 0 Å². The van der Waals surface area contributed by atoms with Gasteiger partial charge in [0, 0.05) is 21.4 Å². The summed E-state index contributed by atoms with van der Waals surface area (Å²) in [6.07, 6.45) is 0. The first-order valence-electron chi connectivity index (χ1n) is 5.09. The quantitative estimate of drug-likeness (QED) is 0.168. The predicted molar refractivity (Wildman–Crippen MR) is 133 cm³/mol. The van der Waals surface area contributed by atoms with Crippen LogP contribution in [0.15, 0.2) is 34.5 Å². The lowest BCUT2D eigenvalue weighted by Gasteiger charge is -2.03. The second-order valence-electron chi connectivity index (χ2n) is 3.65. The molecule has 0 aliphatic carbocycles. The molecule has 0 N–H and O–H groups in total. The van der Waals surface area contributed by atoms with E-state index in [9.17, 15) is 0 Å². The standard InChI is InChI=1S/C12H4I6N2/c13-7-1-5(2-8(14)11(7)17)19-20-6-3-9(15)12(18)10(16)4-6/h1-4H. The Morgan fingerprint density at radius 2 is 0.750 bits per heavy atom. The maximum atomic E-state index is 4.35. The van der Waals surface area contributed by atoms with Gasteiger partial charge in [-0.05, 0) is 160 Å². The Balaban J connectivity index is 2.35. The van der Waals surface area contributed by atoms with Crippen molar-refractivity contribution in [2.75, 3.05) is 0 Å². The number of hydrogen-bond donors (Lipinski definition) is 0. The van der Waals surface area contributed by atoms with E-state index in [1.807, 2.05) is 0 Å². The van der Waals surface area contributed by atoms with Gasteiger partial charge in [0.2, 0.25) is 0 Å². The molecular weight excluding hydrogens is 934 g/mol. The lowest BCUT2D eigenvalue weighted by molar-refractivity contribution is 1.22. The molecular formula is C12H4I6N2. The Kier molecular flexibility index (Phi) is 7.97. The molecule has 0 unspecified atom stereocenters. The topological polar surface area (TPSA) is 24.7 Å². The van der Waals surface area contributed by atoms with Crippen LogP contribution in [-0.4, -0.2) is 0 Å². The first-order valence-corrected chi connectivity index (χ1v) is 11.6. The minimum atomic E-state index is 0.891. The molecule has 0 aliphatic rings. The van der Waals surface area contributed by atoms with Crippen LogP contribution in [0.4, 0.5) is 11.4 Å². The zero-order valence-electron chi connectivity index (χ0n) is 9.47. The molecule has 8 heteroatoms. The molecule has 0 saturated carbocycles. The van der Waals surface area contributed by atoms with Gasteiger partial charge in [-0.1, -0.05) is 0 Å². The molecule has 0 atom stereocenters. The Hall–Kier alpha value is 2.42. The lowest BCUT2D eigenvalue weighted by Crippen LogP contribution is -1.85. The first kappa shape index (κ1) is 18.8. The van der Waals surface area contributed by atoms with Crippen molar-refractivity contribution < 1.29 is 0 Å². The number of nitrogens with zero attached hydrogens (tertiary/aromatic N) is 2. The maximum absolute atomic E-state index is 4.35. The molecule has 0 aromatic heterocycles. The van der Waals surface area contributed by atoms with Gasteiger partial charge >= 0.3 is 0 Å². The van der Waals surface area contributed by atoms with Gasteiger partial charge in [0.1, 0.15) is 0 Å². The zero-order valence-corrected chi connectivity index (χ0v) is 22.4. The SMILES string of the molecule is Ic1cc(N=Nc2cc(I)c(I)c(I)c2)cc(I)c1I. The largest absolute Gasteiger partial charge is 0.150 e. The minimum absolute atomic E-state index is 0.891. The van der Waals surface area contributed by atoms with E-state index in [4.69, 9.17) is 0 Å². The second kappa shape index (κ2) is 8.50. The number of benzene rings is 2. The molecule has 0 heterocycles. The van der Waals surface area contributed by atoms with E-state index < -0.39 is 0 Å². The third kappa shape index (κ3) is 4.96. The van der Waals surface area contributed by atoms with Crippen LogP contribution in [0, 0.1) is 21.4 Å². The van der Waals surface area contributed by atoms with Crippen LogP contribution in [0.2, 0.25) is 0 Å². The third-order valence-electron chi connectivity index (χ3n) is 2.22. The van der Waals surface area contributed by atoms with Crippen LogP contribution in [0.25, 0.3) is 0 Å². The van der Waals surface area contributed by atoms with Crippen molar-refractivity contribution in [3.63, 3.8) is 0 Å². The molecule has 2 rings (SSSR count). The number of rotatable bonds is 2. The first-order chi connectivity index (χ1) is 9.38. The number of halogens is 6. The van der Waals surface area contributed by atoms with E-state index in [1.54, 1.807) is 0 Å². The van der Waals surface area contributed by atoms with Crippen molar-refractivity contribution in [3.05, 3.63) is 45.7 Å². The van der Waals surface area contributed by atoms with Gasteiger partial charge in [0.05, 0.1) is 11.4 Å². The summed E-state index contributed by atoms with van der Waals surface area (Å²) < 4.78 is 7.35. The molecule has 2 aromatic carbocycles. The molecule has 0 radical (unpaired) electrons. The molecule has 0 aliphatic heterocycles. The van der Waals surface area contributed by atoms with Gasteiger partial charge in [-0.15, -0.1) is 0 Å². The summed E-state index contributed by atoms with van der Waals surface area (Å²) in [5.41, 5.74) is 1.78. The van der Waals surface area contributed by atoms with Gasteiger partial charge < -0.3 is 0 Å². The predicted octanol–water partition coefficient (Wildman–Crippen LogP) is 7.73. The summed E-state index contributed by atoms with van der Waals surface area (Å²) in [6, 6.07) is 8.21. The van der Waals surface area contributed by atoms with Crippen LogP contribution in [-0.2, 0) is 0 Å². The van der Waals surface area contributed by atoms with E-state index in [-0.39, 0.29) is 0 Å². The second-order valence-corrected chi connectivity index (χ2v) is 10.5. The average molecular weight is 938 g/mol. The fraction of sp³-hybridized carbons (Fsp3) is 0. The van der Waals surface area contributed by atoms with Crippen molar-refractivity contribution in [3.8, 4) is 0 Å². The molecule has 2 aromatic rings. The highest BCUT2D eigenvalue weighted by atomic mass is 127. The van der Waals surface area contributed by atoms with Gasteiger partial charge in [-0.25, -0.2) is 0 Å². The Morgan fingerprint density at radius 3 is 1.00 bits per heavy atom. The Morgan fingerprint density at radius 1 is 0.500 bits per heavy atom. The van der Waals surface area contributed by atoms with Crippen LogP contribution in [0.3, 0.4) is 0 Å². The molecule has 0 spiro atoms. The summed E-state index contributed by atoms with van der Waals surface area (Å²) in [5, 5.41) is 8.71. The van der Waals surface area contributed by atoms with Gasteiger partial charge in [0.25, 0.3) is 0 Å².